The molecule has 0 aromatic carbocycles. The minimum absolute atomic E-state index is 0.614. The van der Waals surface area contributed by atoms with Gasteiger partial charge in [0.05, 0.1) is 0 Å². The van der Waals surface area contributed by atoms with Gasteiger partial charge in [0, 0.05) is 30.0 Å². The quantitative estimate of drug-likeness (QED) is 0.718. The predicted octanol–water partition coefficient (Wildman–Crippen LogP) is 1.86. The largest absolute Gasteiger partial charge is 0.351 e. The van der Waals surface area contributed by atoms with Crippen LogP contribution in [-0.4, -0.2) is 22.6 Å². The van der Waals surface area contributed by atoms with Crippen LogP contribution in [0.5, 0.6) is 0 Å². The fraction of sp³-hybridized carbons (Fsp3) is 0.667. The molecule has 1 aromatic heterocycles. The summed E-state index contributed by atoms with van der Waals surface area (Å²) in [6.45, 7) is 6.12. The average molecular weight is 220 g/mol. The second-order valence-electron chi connectivity index (χ2n) is 4.40. The van der Waals surface area contributed by atoms with Crippen LogP contribution in [-0.2, 0) is 6.54 Å². The third kappa shape index (κ3) is 3.17. The molecule has 16 heavy (non-hydrogen) atoms. The number of nitrogens with zero attached hydrogens (tertiary/aromatic N) is 2. The topological polar surface area (TPSA) is 49.8 Å². The molecule has 0 atom stereocenters. The minimum atomic E-state index is 0.614. The molecule has 1 heterocycles. The Bertz CT molecular complexity index is 347. The van der Waals surface area contributed by atoms with E-state index in [1.807, 2.05) is 13.1 Å². The Balaban J connectivity index is 1.92. The average Bonchev–Trinajstić information content (AvgIpc) is 3.05. The third-order valence-electron chi connectivity index (χ3n) is 2.73. The summed E-state index contributed by atoms with van der Waals surface area (Å²) < 4.78 is 0. The molecule has 0 aliphatic heterocycles. The molecule has 2 N–H and O–H groups in total. The van der Waals surface area contributed by atoms with E-state index < -0.39 is 0 Å². The van der Waals surface area contributed by atoms with Crippen molar-refractivity contribution in [2.45, 2.75) is 45.7 Å². The summed E-state index contributed by atoms with van der Waals surface area (Å²) in [5.41, 5.74) is 2.26. The third-order valence-corrected chi connectivity index (χ3v) is 2.73. The molecule has 2 rings (SSSR count). The van der Waals surface area contributed by atoms with E-state index in [2.05, 4.69) is 27.5 Å². The lowest BCUT2D eigenvalue weighted by molar-refractivity contribution is 0.668. The van der Waals surface area contributed by atoms with E-state index in [-0.39, 0.29) is 0 Å². The molecular formula is C12H20N4. The first-order chi connectivity index (χ1) is 7.79. The highest BCUT2D eigenvalue weighted by atomic mass is 15.1. The standard InChI is InChI=1S/C12H20N4/c1-3-6-13-7-10-8-14-12(15-9(10)2)16-11-4-5-11/h8,11,13H,3-7H2,1-2H3,(H,14,15,16). The molecule has 88 valence electrons. The molecule has 1 saturated carbocycles. The predicted molar refractivity (Wildman–Crippen MR) is 65.4 cm³/mol. The van der Waals surface area contributed by atoms with E-state index in [1.165, 1.54) is 18.4 Å². The highest BCUT2D eigenvalue weighted by Gasteiger charge is 2.21. The van der Waals surface area contributed by atoms with Gasteiger partial charge < -0.3 is 10.6 Å². The monoisotopic (exact) mass is 220 g/mol. The number of hydrogen-bond donors (Lipinski definition) is 2. The molecular weight excluding hydrogens is 200 g/mol. The number of nitrogens with one attached hydrogen (secondary N) is 2. The van der Waals surface area contributed by atoms with E-state index >= 15 is 0 Å². The van der Waals surface area contributed by atoms with Gasteiger partial charge in [0.15, 0.2) is 0 Å². The zero-order valence-corrected chi connectivity index (χ0v) is 10.1. The Morgan fingerprint density at radius 2 is 2.25 bits per heavy atom. The van der Waals surface area contributed by atoms with Crippen molar-refractivity contribution in [2.75, 3.05) is 11.9 Å². The molecule has 4 heteroatoms. The van der Waals surface area contributed by atoms with Crippen LogP contribution in [0.3, 0.4) is 0 Å². The Morgan fingerprint density at radius 3 is 2.88 bits per heavy atom. The van der Waals surface area contributed by atoms with Crippen LogP contribution >= 0.6 is 0 Å². The summed E-state index contributed by atoms with van der Waals surface area (Å²) in [7, 11) is 0. The molecule has 1 aliphatic rings. The Hall–Kier alpha value is -1.16. The molecule has 1 aromatic rings. The second-order valence-corrected chi connectivity index (χ2v) is 4.40. The molecule has 1 aliphatic carbocycles. The normalized spacial score (nSPS) is 15.1. The lowest BCUT2D eigenvalue weighted by atomic mass is 10.2. The summed E-state index contributed by atoms with van der Waals surface area (Å²) in [4.78, 5) is 8.81. The van der Waals surface area contributed by atoms with Crippen LogP contribution in [0.15, 0.2) is 6.20 Å². The fourth-order valence-corrected chi connectivity index (χ4v) is 1.55. The number of aromatic nitrogens is 2. The van der Waals surface area contributed by atoms with Crippen molar-refractivity contribution in [3.8, 4) is 0 Å². The van der Waals surface area contributed by atoms with Crippen molar-refractivity contribution in [1.29, 1.82) is 0 Å². The maximum atomic E-state index is 4.47. The van der Waals surface area contributed by atoms with E-state index in [9.17, 15) is 0 Å². The van der Waals surface area contributed by atoms with Crippen molar-refractivity contribution >= 4 is 5.95 Å². The zero-order valence-electron chi connectivity index (χ0n) is 10.1. The van der Waals surface area contributed by atoms with Gasteiger partial charge in [-0.25, -0.2) is 9.97 Å². The smallest absolute Gasteiger partial charge is 0.223 e. The van der Waals surface area contributed by atoms with E-state index in [4.69, 9.17) is 0 Å². The van der Waals surface area contributed by atoms with Crippen LogP contribution in [0.2, 0.25) is 0 Å². The molecule has 1 fully saturated rings. The molecule has 4 nitrogen and oxygen atoms in total. The van der Waals surface area contributed by atoms with Crippen molar-refractivity contribution in [2.24, 2.45) is 0 Å². The SMILES string of the molecule is CCCNCc1cnc(NC2CC2)nc1C. The van der Waals surface area contributed by atoms with Gasteiger partial charge in [-0.2, -0.15) is 0 Å². The number of hydrogen-bond acceptors (Lipinski definition) is 4. The first kappa shape index (κ1) is 11.3. The number of anilines is 1. The van der Waals surface area contributed by atoms with E-state index in [0.29, 0.717) is 6.04 Å². The van der Waals surface area contributed by atoms with Crippen LogP contribution in [0.1, 0.15) is 37.4 Å². The summed E-state index contributed by atoms with van der Waals surface area (Å²) in [5.74, 6) is 0.777. The second kappa shape index (κ2) is 5.25. The molecule has 0 radical (unpaired) electrons. The molecule has 0 bridgehead atoms. The van der Waals surface area contributed by atoms with E-state index in [1.54, 1.807) is 0 Å². The highest BCUT2D eigenvalue weighted by molar-refractivity contribution is 5.31. The maximum absolute atomic E-state index is 4.47. The lowest BCUT2D eigenvalue weighted by Gasteiger charge is -2.08. The zero-order chi connectivity index (χ0) is 11.4. The Labute approximate surface area is 96.9 Å². The van der Waals surface area contributed by atoms with Crippen molar-refractivity contribution in [3.05, 3.63) is 17.5 Å². The van der Waals surface area contributed by atoms with Gasteiger partial charge in [-0.1, -0.05) is 6.92 Å². The van der Waals surface area contributed by atoms with Gasteiger partial charge in [-0.05, 0) is 32.7 Å². The van der Waals surface area contributed by atoms with Gasteiger partial charge in [0.2, 0.25) is 5.95 Å². The first-order valence-electron chi connectivity index (χ1n) is 6.09. The van der Waals surface area contributed by atoms with Gasteiger partial charge in [0.25, 0.3) is 0 Å². The fourth-order valence-electron chi connectivity index (χ4n) is 1.55. The van der Waals surface area contributed by atoms with Gasteiger partial charge in [0.1, 0.15) is 0 Å². The lowest BCUT2D eigenvalue weighted by Crippen LogP contribution is -2.16. The molecule has 0 unspecified atom stereocenters. The van der Waals surface area contributed by atoms with Gasteiger partial charge >= 0.3 is 0 Å². The number of aryl methyl sites for hydroxylation is 1. The summed E-state index contributed by atoms with van der Waals surface area (Å²) in [6, 6.07) is 0.614. The summed E-state index contributed by atoms with van der Waals surface area (Å²) in [6.07, 6.45) is 5.58. The van der Waals surface area contributed by atoms with Crippen molar-refractivity contribution < 1.29 is 0 Å². The maximum Gasteiger partial charge on any atom is 0.223 e. The summed E-state index contributed by atoms with van der Waals surface area (Å²) >= 11 is 0. The van der Waals surface area contributed by atoms with Crippen LogP contribution in [0.4, 0.5) is 5.95 Å². The van der Waals surface area contributed by atoms with Crippen LogP contribution in [0, 0.1) is 6.92 Å². The molecule has 0 saturated heterocycles. The minimum Gasteiger partial charge on any atom is -0.351 e. The summed E-state index contributed by atoms with van der Waals surface area (Å²) in [5, 5.41) is 6.67. The number of rotatable bonds is 6. The van der Waals surface area contributed by atoms with Crippen LogP contribution < -0.4 is 10.6 Å². The van der Waals surface area contributed by atoms with Gasteiger partial charge in [-0.3, -0.25) is 0 Å². The van der Waals surface area contributed by atoms with E-state index in [0.717, 1.165) is 31.2 Å². The molecule has 0 amide bonds. The highest BCUT2D eigenvalue weighted by Crippen LogP contribution is 2.22. The Morgan fingerprint density at radius 1 is 1.44 bits per heavy atom. The van der Waals surface area contributed by atoms with Crippen molar-refractivity contribution in [1.82, 2.24) is 15.3 Å². The molecule has 0 spiro atoms. The van der Waals surface area contributed by atoms with Crippen molar-refractivity contribution in [3.63, 3.8) is 0 Å². The Kier molecular flexibility index (Phi) is 3.72. The van der Waals surface area contributed by atoms with Gasteiger partial charge in [-0.15, -0.1) is 0 Å². The first-order valence-corrected chi connectivity index (χ1v) is 6.09. The van der Waals surface area contributed by atoms with Crippen LogP contribution in [0.25, 0.3) is 0 Å².